The molecule has 3 nitrogen and oxygen atoms in total. The van der Waals surface area contributed by atoms with E-state index in [4.69, 9.17) is 4.98 Å². The van der Waals surface area contributed by atoms with E-state index in [1.165, 1.54) is 51.8 Å². The maximum absolute atomic E-state index is 4.76. The van der Waals surface area contributed by atoms with Gasteiger partial charge in [0.25, 0.3) is 0 Å². The molecule has 138 valence electrons. The van der Waals surface area contributed by atoms with Gasteiger partial charge in [-0.15, -0.1) is 0 Å². The molecule has 2 aromatic rings. The summed E-state index contributed by atoms with van der Waals surface area (Å²) in [7, 11) is 0. The Morgan fingerprint density at radius 3 is 1.96 bits per heavy atom. The van der Waals surface area contributed by atoms with Gasteiger partial charge in [0.1, 0.15) is 0 Å². The SMILES string of the molecule is CCC[CH2][Sn]([CH2]CCC)([CH2]CCC)[c]1cnc(C)n1-c1ccccn1. The first kappa shape index (κ1) is 20.5. The average molecular weight is 448 g/mol. The Labute approximate surface area is 158 Å². The van der Waals surface area contributed by atoms with E-state index >= 15 is 0 Å². The van der Waals surface area contributed by atoms with Crippen molar-refractivity contribution in [2.45, 2.75) is 79.5 Å². The summed E-state index contributed by atoms with van der Waals surface area (Å²) in [5.41, 5.74) is 0. The summed E-state index contributed by atoms with van der Waals surface area (Å²) < 4.78 is 8.37. The van der Waals surface area contributed by atoms with E-state index in [0.29, 0.717) is 0 Å². The van der Waals surface area contributed by atoms with E-state index in [9.17, 15) is 0 Å². The van der Waals surface area contributed by atoms with Gasteiger partial charge in [-0.2, -0.15) is 0 Å². The van der Waals surface area contributed by atoms with Gasteiger partial charge in [0.15, 0.2) is 0 Å². The number of hydrogen-bond acceptors (Lipinski definition) is 2. The molecule has 0 aliphatic heterocycles. The average Bonchev–Trinajstić information content (AvgIpc) is 3.04. The quantitative estimate of drug-likeness (QED) is 0.417. The van der Waals surface area contributed by atoms with Gasteiger partial charge in [0.2, 0.25) is 0 Å². The van der Waals surface area contributed by atoms with Crippen molar-refractivity contribution in [2.24, 2.45) is 0 Å². The van der Waals surface area contributed by atoms with Crippen LogP contribution in [0.25, 0.3) is 5.82 Å². The zero-order valence-corrected chi connectivity index (χ0v) is 19.4. The zero-order chi connectivity index (χ0) is 18.1. The molecule has 0 aliphatic rings. The van der Waals surface area contributed by atoms with Crippen molar-refractivity contribution in [1.29, 1.82) is 0 Å². The molecule has 2 rings (SSSR count). The second kappa shape index (κ2) is 10.3. The Balaban J connectivity index is 2.52. The van der Waals surface area contributed by atoms with Crippen LogP contribution >= 0.6 is 0 Å². The van der Waals surface area contributed by atoms with Crippen molar-refractivity contribution in [2.75, 3.05) is 0 Å². The molecule has 2 aromatic heterocycles. The maximum atomic E-state index is 4.76. The third kappa shape index (κ3) is 5.08. The second-order valence-corrected chi connectivity index (χ2v) is 20.4. The van der Waals surface area contributed by atoms with Crippen LogP contribution in [0.4, 0.5) is 0 Å². The molecule has 2 heterocycles. The molecule has 0 saturated carbocycles. The summed E-state index contributed by atoms with van der Waals surface area (Å²) in [6.07, 6.45) is 12.1. The summed E-state index contributed by atoms with van der Waals surface area (Å²) in [5, 5.41) is 0. The predicted octanol–water partition coefficient (Wildman–Crippen LogP) is 5.63. The normalized spacial score (nSPS) is 11.8. The van der Waals surface area contributed by atoms with Crippen LogP contribution in [0.1, 0.15) is 65.1 Å². The number of unbranched alkanes of at least 4 members (excludes halogenated alkanes) is 3. The summed E-state index contributed by atoms with van der Waals surface area (Å²) in [5.74, 6) is 2.15. The van der Waals surface area contributed by atoms with Crippen LogP contribution < -0.4 is 3.71 Å². The monoisotopic (exact) mass is 449 g/mol. The Kier molecular flexibility index (Phi) is 8.47. The minimum absolute atomic E-state index is 1.05. The molecule has 0 fully saturated rings. The van der Waals surface area contributed by atoms with Crippen LogP contribution in [-0.4, -0.2) is 32.9 Å². The molecule has 0 radical (unpaired) electrons. The van der Waals surface area contributed by atoms with Crippen molar-refractivity contribution in [1.82, 2.24) is 14.5 Å². The minimum atomic E-state index is -2.50. The van der Waals surface area contributed by atoms with Gasteiger partial charge in [0.05, 0.1) is 0 Å². The molecule has 0 spiro atoms. The van der Waals surface area contributed by atoms with E-state index in [2.05, 4.69) is 55.6 Å². The first-order chi connectivity index (χ1) is 12.2. The number of hydrogen-bond donors (Lipinski definition) is 0. The van der Waals surface area contributed by atoms with Crippen molar-refractivity contribution < 1.29 is 0 Å². The number of aromatic nitrogens is 3. The van der Waals surface area contributed by atoms with E-state index in [1.54, 1.807) is 3.71 Å². The van der Waals surface area contributed by atoms with Gasteiger partial charge in [-0.05, 0) is 0 Å². The molecule has 0 unspecified atom stereocenters. The van der Waals surface area contributed by atoms with Crippen molar-refractivity contribution >= 4 is 22.1 Å². The predicted molar refractivity (Wildman–Crippen MR) is 111 cm³/mol. The number of rotatable bonds is 11. The molecule has 0 bridgehead atoms. The van der Waals surface area contributed by atoms with E-state index in [0.717, 1.165) is 11.6 Å². The fraction of sp³-hybridized carbons (Fsp3) is 0.619. The first-order valence-electron chi connectivity index (χ1n) is 10.1. The van der Waals surface area contributed by atoms with Gasteiger partial charge in [0, 0.05) is 0 Å². The summed E-state index contributed by atoms with van der Waals surface area (Å²) in [6, 6.07) is 6.22. The van der Waals surface area contributed by atoms with Crippen LogP contribution in [0.5, 0.6) is 0 Å². The molecule has 0 aliphatic carbocycles. The number of nitrogens with zero attached hydrogens (tertiary/aromatic N) is 3. The Morgan fingerprint density at radius 2 is 1.48 bits per heavy atom. The molecule has 0 saturated heterocycles. The topological polar surface area (TPSA) is 30.7 Å². The summed E-state index contributed by atoms with van der Waals surface area (Å²) in [4.78, 5) is 9.41. The van der Waals surface area contributed by atoms with Crippen molar-refractivity contribution in [3.63, 3.8) is 0 Å². The van der Waals surface area contributed by atoms with Crippen LogP contribution in [0, 0.1) is 6.92 Å². The number of aryl methyl sites for hydroxylation is 1. The molecule has 0 atom stereocenters. The molecule has 0 amide bonds. The molecule has 4 heteroatoms. The van der Waals surface area contributed by atoms with E-state index < -0.39 is 18.4 Å². The van der Waals surface area contributed by atoms with Crippen molar-refractivity contribution in [3.05, 3.63) is 36.4 Å². The van der Waals surface area contributed by atoms with Crippen LogP contribution in [0.3, 0.4) is 0 Å². The molecule has 0 N–H and O–H groups in total. The van der Waals surface area contributed by atoms with Gasteiger partial charge < -0.3 is 0 Å². The third-order valence-corrected chi connectivity index (χ3v) is 20.7. The van der Waals surface area contributed by atoms with Gasteiger partial charge in [-0.3, -0.25) is 0 Å². The molecular weight excluding hydrogens is 413 g/mol. The zero-order valence-electron chi connectivity index (χ0n) is 16.6. The summed E-state index contributed by atoms with van der Waals surface area (Å²) in [6.45, 7) is 9.13. The van der Waals surface area contributed by atoms with E-state index in [-0.39, 0.29) is 0 Å². The van der Waals surface area contributed by atoms with Crippen LogP contribution in [0.2, 0.25) is 13.3 Å². The van der Waals surface area contributed by atoms with Crippen LogP contribution in [-0.2, 0) is 0 Å². The van der Waals surface area contributed by atoms with Crippen LogP contribution in [0.15, 0.2) is 30.6 Å². The van der Waals surface area contributed by atoms with Crippen molar-refractivity contribution in [3.8, 4) is 5.82 Å². The fourth-order valence-corrected chi connectivity index (χ4v) is 20.2. The number of imidazole rings is 1. The van der Waals surface area contributed by atoms with Gasteiger partial charge in [-0.1, -0.05) is 0 Å². The molecule has 0 aromatic carbocycles. The van der Waals surface area contributed by atoms with Gasteiger partial charge in [-0.25, -0.2) is 0 Å². The number of pyridine rings is 1. The summed E-state index contributed by atoms with van der Waals surface area (Å²) >= 11 is -2.50. The Bertz CT molecular complexity index is 600. The molecule has 25 heavy (non-hydrogen) atoms. The van der Waals surface area contributed by atoms with Gasteiger partial charge >= 0.3 is 158 Å². The third-order valence-electron chi connectivity index (χ3n) is 5.39. The fourth-order valence-electron chi connectivity index (χ4n) is 3.90. The molecular formula is C21H35N3Sn. The second-order valence-electron chi connectivity index (χ2n) is 7.30. The Hall–Kier alpha value is -0.841. The Morgan fingerprint density at radius 1 is 0.880 bits per heavy atom. The standard InChI is InChI=1S/C9H8N3.3C4H9.Sn/c1-8-10-6-7-12(8)9-4-2-3-5-11-9;3*1-3-4-2;/h2-6H,1H3;3*1,3-4H2,2H3;. The first-order valence-corrected chi connectivity index (χ1v) is 17.6. The van der Waals surface area contributed by atoms with E-state index in [1.807, 2.05) is 12.3 Å².